The van der Waals surface area contributed by atoms with Crippen molar-refractivity contribution in [1.29, 1.82) is 0 Å². The molecular formula is C12H17N5O3. The van der Waals surface area contributed by atoms with Crippen molar-refractivity contribution in [2.75, 3.05) is 20.8 Å². The predicted molar refractivity (Wildman–Crippen MR) is 69.2 cm³/mol. The van der Waals surface area contributed by atoms with E-state index in [0.717, 1.165) is 5.69 Å². The van der Waals surface area contributed by atoms with E-state index in [9.17, 15) is 4.79 Å². The van der Waals surface area contributed by atoms with Crippen LogP contribution >= 0.6 is 0 Å². The van der Waals surface area contributed by atoms with Crippen LogP contribution in [0.4, 0.5) is 0 Å². The van der Waals surface area contributed by atoms with E-state index in [0.29, 0.717) is 26.1 Å². The molecule has 0 radical (unpaired) electrons. The van der Waals surface area contributed by atoms with Crippen LogP contribution in [0.25, 0.3) is 0 Å². The maximum atomic E-state index is 11.6. The second-order valence-corrected chi connectivity index (χ2v) is 4.14. The van der Waals surface area contributed by atoms with Gasteiger partial charge in [0.15, 0.2) is 5.69 Å². The van der Waals surface area contributed by atoms with Gasteiger partial charge in [0.25, 0.3) is 0 Å². The fourth-order valence-electron chi connectivity index (χ4n) is 1.84. The number of esters is 1. The molecule has 8 nitrogen and oxygen atoms in total. The minimum absolute atomic E-state index is 0.246. The molecule has 0 unspecified atom stereocenters. The Hall–Kier alpha value is -2.22. The van der Waals surface area contributed by atoms with Gasteiger partial charge in [-0.05, 0) is 0 Å². The normalized spacial score (nSPS) is 10.7. The van der Waals surface area contributed by atoms with Gasteiger partial charge in [-0.25, -0.2) is 14.5 Å². The molecule has 0 spiro atoms. The third kappa shape index (κ3) is 3.21. The quantitative estimate of drug-likeness (QED) is 0.671. The highest BCUT2D eigenvalue weighted by atomic mass is 16.5. The van der Waals surface area contributed by atoms with E-state index in [1.165, 1.54) is 7.11 Å². The topological polar surface area (TPSA) is 84.1 Å². The van der Waals surface area contributed by atoms with Gasteiger partial charge in [0, 0.05) is 32.5 Å². The van der Waals surface area contributed by atoms with Crippen LogP contribution in [0.3, 0.4) is 0 Å². The van der Waals surface area contributed by atoms with E-state index in [-0.39, 0.29) is 5.69 Å². The fraction of sp³-hybridized carbons (Fsp3) is 0.500. The van der Waals surface area contributed by atoms with E-state index in [2.05, 4.69) is 15.3 Å². The van der Waals surface area contributed by atoms with Gasteiger partial charge in [-0.1, -0.05) is 5.21 Å². The van der Waals surface area contributed by atoms with Gasteiger partial charge in [0.05, 0.1) is 32.3 Å². The Morgan fingerprint density at radius 1 is 1.35 bits per heavy atom. The lowest BCUT2D eigenvalue weighted by Gasteiger charge is -2.07. The van der Waals surface area contributed by atoms with E-state index >= 15 is 0 Å². The molecule has 8 heteroatoms. The van der Waals surface area contributed by atoms with Crippen molar-refractivity contribution in [2.45, 2.75) is 19.5 Å². The zero-order valence-electron chi connectivity index (χ0n) is 11.5. The number of carbonyl (C=O) groups excluding carboxylic acids is 1. The number of methoxy groups -OCH3 is 2. The molecule has 0 aromatic carbocycles. The number of nitrogens with zero attached hydrogens (tertiary/aromatic N) is 5. The van der Waals surface area contributed by atoms with E-state index < -0.39 is 5.97 Å². The molecule has 0 aliphatic heterocycles. The summed E-state index contributed by atoms with van der Waals surface area (Å²) < 4.78 is 13.4. The Bertz CT molecular complexity index is 549. The Labute approximate surface area is 116 Å². The summed E-state index contributed by atoms with van der Waals surface area (Å²) in [5.74, 6) is -0.481. The summed E-state index contributed by atoms with van der Waals surface area (Å²) in [6, 6.07) is 0. The Morgan fingerprint density at radius 2 is 2.20 bits per heavy atom. The van der Waals surface area contributed by atoms with Crippen LogP contribution in [0.15, 0.2) is 18.7 Å². The first kappa shape index (κ1) is 14.2. The molecule has 2 heterocycles. The zero-order valence-corrected chi connectivity index (χ0v) is 11.5. The highest BCUT2D eigenvalue weighted by molar-refractivity contribution is 5.88. The third-order valence-corrected chi connectivity index (χ3v) is 2.89. The Kier molecular flexibility index (Phi) is 4.83. The molecule has 0 fully saturated rings. The van der Waals surface area contributed by atoms with Crippen LogP contribution in [-0.4, -0.2) is 51.3 Å². The summed E-state index contributed by atoms with van der Waals surface area (Å²) in [7, 11) is 2.93. The summed E-state index contributed by atoms with van der Waals surface area (Å²) in [6.07, 6.45) is 5.87. The first-order chi connectivity index (χ1) is 9.76. The predicted octanol–water partition coefficient (Wildman–Crippen LogP) is 0.150. The monoisotopic (exact) mass is 279 g/mol. The maximum absolute atomic E-state index is 11.6. The number of hydrogen-bond acceptors (Lipinski definition) is 6. The van der Waals surface area contributed by atoms with Crippen LogP contribution in [0.2, 0.25) is 0 Å². The lowest BCUT2D eigenvalue weighted by Crippen LogP contribution is -2.14. The molecule has 0 atom stereocenters. The van der Waals surface area contributed by atoms with E-state index in [1.54, 1.807) is 24.3 Å². The molecule has 0 amide bonds. The number of aromatic nitrogens is 5. The van der Waals surface area contributed by atoms with Gasteiger partial charge in [-0.2, -0.15) is 0 Å². The standard InChI is InChI=1S/C12H17N5O3/c1-19-8-3-10-11(12(18)20-2)14-15-17(10)7-6-16-5-4-13-9-16/h4-5,9H,3,6-8H2,1-2H3. The molecule has 20 heavy (non-hydrogen) atoms. The smallest absolute Gasteiger partial charge is 0.360 e. The molecule has 2 aromatic rings. The summed E-state index contributed by atoms with van der Waals surface area (Å²) in [6.45, 7) is 1.78. The summed E-state index contributed by atoms with van der Waals surface area (Å²) in [5.41, 5.74) is 0.967. The number of rotatable bonds is 7. The average molecular weight is 279 g/mol. The number of aryl methyl sites for hydroxylation is 2. The number of ether oxygens (including phenoxy) is 2. The molecule has 2 rings (SSSR count). The molecule has 0 N–H and O–H groups in total. The summed E-state index contributed by atoms with van der Waals surface area (Å²) in [4.78, 5) is 15.6. The first-order valence-electron chi connectivity index (χ1n) is 6.21. The van der Waals surface area contributed by atoms with Crippen molar-refractivity contribution in [3.63, 3.8) is 0 Å². The van der Waals surface area contributed by atoms with Gasteiger partial charge in [-0.3, -0.25) is 0 Å². The average Bonchev–Trinajstić information content (AvgIpc) is 3.11. The van der Waals surface area contributed by atoms with Crippen LogP contribution in [-0.2, 0) is 29.0 Å². The summed E-state index contributed by atoms with van der Waals surface area (Å²) in [5, 5.41) is 7.91. The zero-order chi connectivity index (χ0) is 14.4. The van der Waals surface area contributed by atoms with Crippen molar-refractivity contribution >= 4 is 5.97 Å². The lowest BCUT2D eigenvalue weighted by atomic mass is 10.2. The molecule has 0 bridgehead atoms. The Morgan fingerprint density at radius 3 is 2.85 bits per heavy atom. The molecular weight excluding hydrogens is 262 g/mol. The molecule has 0 aliphatic rings. The number of hydrogen-bond donors (Lipinski definition) is 0. The van der Waals surface area contributed by atoms with Crippen LogP contribution in [0.1, 0.15) is 16.2 Å². The minimum Gasteiger partial charge on any atom is -0.464 e. The van der Waals surface area contributed by atoms with Crippen molar-refractivity contribution in [2.24, 2.45) is 0 Å². The fourth-order valence-corrected chi connectivity index (χ4v) is 1.84. The Balaban J connectivity index is 2.14. The summed E-state index contributed by atoms with van der Waals surface area (Å²) >= 11 is 0. The molecule has 0 saturated carbocycles. The van der Waals surface area contributed by atoms with Gasteiger partial charge < -0.3 is 14.0 Å². The van der Waals surface area contributed by atoms with Gasteiger partial charge in [0.1, 0.15) is 0 Å². The number of imidazole rings is 1. The number of carbonyl (C=O) groups is 1. The van der Waals surface area contributed by atoms with Gasteiger partial charge >= 0.3 is 5.97 Å². The molecule has 2 aromatic heterocycles. The van der Waals surface area contributed by atoms with Crippen molar-refractivity contribution < 1.29 is 14.3 Å². The van der Waals surface area contributed by atoms with Crippen molar-refractivity contribution in [3.05, 3.63) is 30.1 Å². The lowest BCUT2D eigenvalue weighted by molar-refractivity contribution is 0.0592. The third-order valence-electron chi connectivity index (χ3n) is 2.89. The van der Waals surface area contributed by atoms with Crippen LogP contribution < -0.4 is 0 Å². The maximum Gasteiger partial charge on any atom is 0.360 e. The first-order valence-corrected chi connectivity index (χ1v) is 6.21. The largest absolute Gasteiger partial charge is 0.464 e. The van der Waals surface area contributed by atoms with Crippen molar-refractivity contribution in [3.8, 4) is 0 Å². The van der Waals surface area contributed by atoms with Gasteiger partial charge in [0.2, 0.25) is 0 Å². The van der Waals surface area contributed by atoms with Gasteiger partial charge in [-0.15, -0.1) is 5.10 Å². The second-order valence-electron chi connectivity index (χ2n) is 4.14. The minimum atomic E-state index is -0.481. The van der Waals surface area contributed by atoms with E-state index in [1.807, 2.05) is 10.8 Å². The van der Waals surface area contributed by atoms with Crippen LogP contribution in [0, 0.1) is 0 Å². The second kappa shape index (κ2) is 6.80. The SMILES string of the molecule is COCCc1c(C(=O)OC)nnn1CCn1ccnc1. The van der Waals surface area contributed by atoms with Crippen LogP contribution in [0.5, 0.6) is 0 Å². The molecule has 0 saturated heterocycles. The molecule has 0 aliphatic carbocycles. The highest BCUT2D eigenvalue weighted by Gasteiger charge is 2.19. The van der Waals surface area contributed by atoms with E-state index in [4.69, 9.17) is 9.47 Å². The van der Waals surface area contributed by atoms with Crippen molar-refractivity contribution in [1.82, 2.24) is 24.5 Å². The highest BCUT2D eigenvalue weighted by Crippen LogP contribution is 2.09. The molecule has 108 valence electrons.